The molecular weight excluding hydrogens is 466 g/mol. The van der Waals surface area contributed by atoms with Crippen LogP contribution in [0.2, 0.25) is 0 Å². The lowest BCUT2D eigenvalue weighted by molar-refractivity contribution is 0.0983. The fourth-order valence-electron chi connectivity index (χ4n) is 3.42. The number of para-hydroxylation sites is 1. The van der Waals surface area contributed by atoms with E-state index in [1.54, 1.807) is 17.0 Å². The molecule has 0 spiro atoms. The maximum atomic E-state index is 13.5. The predicted molar refractivity (Wildman–Crippen MR) is 135 cm³/mol. The molecule has 0 radical (unpaired) electrons. The molecule has 0 aliphatic rings. The Morgan fingerprint density at radius 3 is 2.31 bits per heavy atom. The van der Waals surface area contributed by atoms with E-state index in [0.717, 1.165) is 28.9 Å². The summed E-state index contributed by atoms with van der Waals surface area (Å²) in [6, 6.07) is 10.8. The third kappa shape index (κ3) is 5.67. The van der Waals surface area contributed by atoms with Gasteiger partial charge in [0.2, 0.25) is 0 Å². The fraction of sp³-hybridized carbons (Fsp3) is 0.391. The number of anilines is 1. The highest BCUT2D eigenvalue weighted by atomic mass is 35.5. The molecule has 1 aromatic heterocycles. The molecule has 0 saturated carbocycles. The summed E-state index contributed by atoms with van der Waals surface area (Å²) >= 11 is 1.34. The Labute approximate surface area is 200 Å². The van der Waals surface area contributed by atoms with Gasteiger partial charge in [0.1, 0.15) is 5.52 Å². The first kappa shape index (κ1) is 26.3. The summed E-state index contributed by atoms with van der Waals surface area (Å²) in [6.07, 6.45) is 1.18. The number of hydrogen-bond donors (Lipinski definition) is 0. The van der Waals surface area contributed by atoms with Crippen molar-refractivity contribution in [3.63, 3.8) is 0 Å². The van der Waals surface area contributed by atoms with Crippen molar-refractivity contribution in [1.82, 2.24) is 9.88 Å². The molecule has 1 amide bonds. The van der Waals surface area contributed by atoms with Crippen LogP contribution < -0.4 is 4.90 Å². The monoisotopic (exact) mass is 495 g/mol. The van der Waals surface area contributed by atoms with Gasteiger partial charge in [0, 0.05) is 24.9 Å². The van der Waals surface area contributed by atoms with Crippen LogP contribution in [0.15, 0.2) is 41.3 Å². The first-order valence-electron chi connectivity index (χ1n) is 10.4. The summed E-state index contributed by atoms with van der Waals surface area (Å²) in [5.74, 6) is -0.129. The Balaban J connectivity index is 0.00000363. The molecule has 0 saturated heterocycles. The van der Waals surface area contributed by atoms with Crippen molar-refractivity contribution in [3.05, 3.63) is 53.1 Å². The SMILES string of the molecule is CCN(CC)CCN(C(=O)c1ccc(C)c(C)c1)c1nc2c(S(C)(=O)=O)cccc2s1.Cl. The Morgan fingerprint density at radius 2 is 1.72 bits per heavy atom. The number of likely N-dealkylation sites (N-methyl/N-ethyl adjacent to an activating group) is 1. The maximum Gasteiger partial charge on any atom is 0.260 e. The molecule has 1 heterocycles. The number of rotatable bonds is 8. The number of benzene rings is 2. The summed E-state index contributed by atoms with van der Waals surface area (Å²) in [5, 5.41) is 0.515. The van der Waals surface area contributed by atoms with E-state index in [-0.39, 0.29) is 23.2 Å². The van der Waals surface area contributed by atoms with Gasteiger partial charge >= 0.3 is 0 Å². The van der Waals surface area contributed by atoms with Crippen LogP contribution in [0.1, 0.15) is 35.3 Å². The van der Waals surface area contributed by atoms with Crippen molar-refractivity contribution >= 4 is 54.8 Å². The van der Waals surface area contributed by atoms with Crippen LogP contribution in [0.5, 0.6) is 0 Å². The smallest absolute Gasteiger partial charge is 0.260 e. The zero-order valence-corrected chi connectivity index (χ0v) is 21.5. The van der Waals surface area contributed by atoms with Gasteiger partial charge < -0.3 is 4.90 Å². The number of fused-ring (bicyclic) bond motifs is 1. The quantitative estimate of drug-likeness (QED) is 0.452. The minimum Gasteiger partial charge on any atom is -0.302 e. The zero-order valence-electron chi connectivity index (χ0n) is 19.1. The van der Waals surface area contributed by atoms with Crippen LogP contribution >= 0.6 is 23.7 Å². The van der Waals surface area contributed by atoms with Crippen LogP contribution in [0.3, 0.4) is 0 Å². The van der Waals surface area contributed by atoms with Crippen molar-refractivity contribution in [3.8, 4) is 0 Å². The lowest BCUT2D eigenvalue weighted by atomic mass is 10.1. The van der Waals surface area contributed by atoms with Crippen molar-refractivity contribution in [2.24, 2.45) is 0 Å². The van der Waals surface area contributed by atoms with E-state index in [1.165, 1.54) is 17.6 Å². The Morgan fingerprint density at radius 1 is 1.03 bits per heavy atom. The van der Waals surface area contributed by atoms with Gasteiger partial charge in [-0.05, 0) is 62.3 Å². The second-order valence-corrected chi connectivity index (χ2v) is 10.6. The number of aryl methyl sites for hydroxylation is 2. The molecule has 3 rings (SSSR count). The normalized spacial score (nSPS) is 11.6. The average Bonchev–Trinajstić information content (AvgIpc) is 3.16. The molecule has 0 aliphatic heterocycles. The van der Waals surface area contributed by atoms with E-state index >= 15 is 0 Å². The minimum atomic E-state index is -3.43. The van der Waals surface area contributed by atoms with Crippen LogP contribution in [-0.4, -0.2) is 56.6 Å². The van der Waals surface area contributed by atoms with Crippen molar-refractivity contribution in [2.75, 3.05) is 37.3 Å². The van der Waals surface area contributed by atoms with Crippen LogP contribution in [0.25, 0.3) is 10.2 Å². The number of sulfone groups is 1. The number of carbonyl (C=O) groups is 1. The molecule has 0 fully saturated rings. The second-order valence-electron chi connectivity index (χ2n) is 7.65. The van der Waals surface area contributed by atoms with Gasteiger partial charge in [0.25, 0.3) is 5.91 Å². The number of halogens is 1. The van der Waals surface area contributed by atoms with Gasteiger partial charge in [-0.3, -0.25) is 9.69 Å². The second kappa shape index (κ2) is 10.7. The highest BCUT2D eigenvalue weighted by Crippen LogP contribution is 2.33. The molecule has 6 nitrogen and oxygen atoms in total. The first-order valence-corrected chi connectivity index (χ1v) is 13.1. The van der Waals surface area contributed by atoms with E-state index in [0.29, 0.717) is 29.3 Å². The fourth-order valence-corrected chi connectivity index (χ4v) is 5.34. The van der Waals surface area contributed by atoms with Crippen LogP contribution in [0, 0.1) is 13.8 Å². The van der Waals surface area contributed by atoms with Gasteiger partial charge in [-0.15, -0.1) is 12.4 Å². The summed E-state index contributed by atoms with van der Waals surface area (Å²) in [4.78, 5) is 22.2. The molecule has 9 heteroatoms. The number of aromatic nitrogens is 1. The Kier molecular flexibility index (Phi) is 8.82. The molecule has 2 aromatic carbocycles. The summed E-state index contributed by atoms with van der Waals surface area (Å²) in [6.45, 7) is 11.1. The van der Waals surface area contributed by atoms with Gasteiger partial charge in [-0.2, -0.15) is 0 Å². The van der Waals surface area contributed by atoms with Crippen LogP contribution in [-0.2, 0) is 9.84 Å². The van der Waals surface area contributed by atoms with E-state index < -0.39 is 9.84 Å². The standard InChI is InChI=1S/C23H29N3O3S2.ClH/c1-6-25(7-2)13-14-26(22(27)18-12-11-16(3)17(4)15-18)23-24-21-19(30-23)9-8-10-20(21)31(5,28)29;/h8-12,15H,6-7,13-14H2,1-5H3;1H. The molecule has 0 unspecified atom stereocenters. The molecular formula is C23H30ClN3O3S2. The lowest BCUT2D eigenvalue weighted by Crippen LogP contribution is -2.38. The number of thiazole rings is 1. The van der Waals surface area contributed by atoms with E-state index in [4.69, 9.17) is 0 Å². The van der Waals surface area contributed by atoms with Gasteiger partial charge in [-0.25, -0.2) is 13.4 Å². The first-order chi connectivity index (χ1) is 14.7. The largest absolute Gasteiger partial charge is 0.302 e. The highest BCUT2D eigenvalue weighted by Gasteiger charge is 2.24. The molecule has 174 valence electrons. The number of amides is 1. The molecule has 0 aliphatic carbocycles. The third-order valence-corrected chi connectivity index (χ3v) is 7.71. The van der Waals surface area contributed by atoms with Crippen LogP contribution in [0.4, 0.5) is 5.13 Å². The van der Waals surface area contributed by atoms with Gasteiger partial charge in [0.15, 0.2) is 15.0 Å². The number of hydrogen-bond acceptors (Lipinski definition) is 6. The third-order valence-electron chi connectivity index (χ3n) is 5.53. The molecule has 0 N–H and O–H groups in total. The molecule has 0 atom stereocenters. The predicted octanol–water partition coefficient (Wildman–Crippen LogP) is 4.73. The van der Waals surface area contributed by atoms with E-state index in [9.17, 15) is 13.2 Å². The Hall–Kier alpha value is -2.00. The van der Waals surface area contributed by atoms with E-state index in [1.807, 2.05) is 38.1 Å². The lowest BCUT2D eigenvalue weighted by Gasteiger charge is -2.25. The molecule has 32 heavy (non-hydrogen) atoms. The average molecular weight is 496 g/mol. The minimum absolute atomic E-state index is 0. The molecule has 3 aromatic rings. The number of carbonyl (C=O) groups excluding carboxylic acids is 1. The topological polar surface area (TPSA) is 70.6 Å². The van der Waals surface area contributed by atoms with Crippen molar-refractivity contribution < 1.29 is 13.2 Å². The van der Waals surface area contributed by atoms with E-state index in [2.05, 4.69) is 23.7 Å². The van der Waals surface area contributed by atoms with Crippen molar-refractivity contribution in [1.29, 1.82) is 0 Å². The van der Waals surface area contributed by atoms with Gasteiger partial charge in [0.05, 0.1) is 9.60 Å². The maximum absolute atomic E-state index is 13.5. The summed E-state index contributed by atoms with van der Waals surface area (Å²) in [7, 11) is -3.43. The summed E-state index contributed by atoms with van der Waals surface area (Å²) in [5.41, 5.74) is 3.21. The number of nitrogens with zero attached hydrogens (tertiary/aromatic N) is 3. The highest BCUT2D eigenvalue weighted by molar-refractivity contribution is 7.91. The molecule has 0 bridgehead atoms. The summed E-state index contributed by atoms with van der Waals surface area (Å²) < 4.78 is 25.2. The van der Waals surface area contributed by atoms with Gasteiger partial charge in [-0.1, -0.05) is 37.3 Å². The Bertz CT molecular complexity index is 1200. The zero-order chi connectivity index (χ0) is 22.8. The van der Waals surface area contributed by atoms with Crippen molar-refractivity contribution in [2.45, 2.75) is 32.6 Å².